The van der Waals surface area contributed by atoms with Crippen molar-refractivity contribution in [1.29, 1.82) is 0 Å². The number of nitrogens with one attached hydrogen (secondary N) is 1. The third-order valence-electron chi connectivity index (χ3n) is 3.44. The van der Waals surface area contributed by atoms with Crippen LogP contribution in [0.2, 0.25) is 0 Å². The molecule has 9 nitrogen and oxygen atoms in total. The molecule has 1 saturated heterocycles. The summed E-state index contributed by atoms with van der Waals surface area (Å²) in [6, 6.07) is 0. The molecule has 0 spiro atoms. The monoisotopic (exact) mass is 404 g/mol. The van der Waals surface area contributed by atoms with E-state index in [1.807, 2.05) is 0 Å². The van der Waals surface area contributed by atoms with Gasteiger partial charge in [-0.25, -0.2) is 4.79 Å². The highest BCUT2D eigenvalue weighted by molar-refractivity contribution is 9.09. The number of ether oxygens (including phenoxy) is 3. The molecule has 1 N–H and O–H groups in total. The fourth-order valence-corrected chi connectivity index (χ4v) is 3.19. The van der Waals surface area contributed by atoms with Crippen molar-refractivity contribution < 1.29 is 23.8 Å². The predicted molar refractivity (Wildman–Crippen MR) is 84.9 cm³/mol. The summed E-state index contributed by atoms with van der Waals surface area (Å²) in [6.45, 7) is 3.90. The van der Waals surface area contributed by atoms with Crippen LogP contribution in [0.1, 0.15) is 25.6 Å². The predicted octanol–water partition coefficient (Wildman–Crippen LogP) is 0.000720. The number of halogens is 1. The molecule has 0 unspecified atom stereocenters. The Kier molecular flexibility index (Phi) is 5.60. The van der Waals surface area contributed by atoms with E-state index in [-0.39, 0.29) is 6.61 Å². The molecule has 1 aromatic rings. The Labute approximate surface area is 145 Å². The van der Waals surface area contributed by atoms with Gasteiger partial charge in [0.2, 0.25) is 0 Å². The normalized spacial score (nSPS) is 26.2. The van der Waals surface area contributed by atoms with Crippen molar-refractivity contribution in [3.8, 4) is 0 Å². The van der Waals surface area contributed by atoms with Crippen LogP contribution in [-0.4, -0.2) is 45.1 Å². The smallest absolute Gasteiger partial charge is 0.330 e. The van der Waals surface area contributed by atoms with E-state index in [0.29, 0.717) is 5.56 Å². The number of aryl methyl sites for hydroxylation is 1. The summed E-state index contributed by atoms with van der Waals surface area (Å²) < 4.78 is 17.1. The summed E-state index contributed by atoms with van der Waals surface area (Å²) in [7, 11) is 0. The summed E-state index contributed by atoms with van der Waals surface area (Å²) in [5, 5.41) is 0. The summed E-state index contributed by atoms with van der Waals surface area (Å²) in [5.41, 5.74) is -0.825. The van der Waals surface area contributed by atoms with Gasteiger partial charge in [0, 0.05) is 25.6 Å². The Morgan fingerprint density at radius 2 is 2.00 bits per heavy atom. The van der Waals surface area contributed by atoms with Gasteiger partial charge in [-0.05, 0) is 6.92 Å². The van der Waals surface area contributed by atoms with Crippen LogP contribution in [0.5, 0.6) is 0 Å². The van der Waals surface area contributed by atoms with Crippen LogP contribution in [0.15, 0.2) is 15.8 Å². The molecule has 24 heavy (non-hydrogen) atoms. The maximum Gasteiger partial charge on any atom is 0.330 e. The fourth-order valence-electron chi connectivity index (χ4n) is 2.36. The average molecular weight is 405 g/mol. The highest BCUT2D eigenvalue weighted by atomic mass is 79.9. The molecule has 0 radical (unpaired) electrons. The van der Waals surface area contributed by atoms with E-state index >= 15 is 0 Å². The number of nitrogens with zero attached hydrogens (tertiary/aromatic N) is 1. The molecule has 0 bridgehead atoms. The third kappa shape index (κ3) is 3.93. The van der Waals surface area contributed by atoms with E-state index in [2.05, 4.69) is 20.9 Å². The Morgan fingerprint density at radius 1 is 1.33 bits per heavy atom. The van der Waals surface area contributed by atoms with Gasteiger partial charge in [0.1, 0.15) is 18.8 Å². The standard InChI is InChI=1S/C14H17BrN2O7/c1-6-4-17(14(21)16-12(6)20)13-10(15)11(23-8(3)19)9(24-13)5-22-7(2)18/h4,9-11,13H,5H2,1-3H3,(H,16,20,21)/t9-,10-,11-,13-/m1/s1. The molecule has 2 rings (SSSR count). The van der Waals surface area contributed by atoms with Crippen molar-refractivity contribution in [2.24, 2.45) is 0 Å². The van der Waals surface area contributed by atoms with Gasteiger partial charge in [0.05, 0.1) is 4.83 Å². The first-order valence-corrected chi connectivity index (χ1v) is 8.04. The zero-order valence-electron chi connectivity index (χ0n) is 13.3. The minimum atomic E-state index is -0.849. The van der Waals surface area contributed by atoms with Crippen LogP contribution in [0.25, 0.3) is 0 Å². The molecule has 0 amide bonds. The van der Waals surface area contributed by atoms with Crippen molar-refractivity contribution in [1.82, 2.24) is 9.55 Å². The Hall–Kier alpha value is -1.94. The van der Waals surface area contributed by atoms with E-state index in [1.54, 1.807) is 6.92 Å². The van der Waals surface area contributed by atoms with Crippen molar-refractivity contribution >= 4 is 27.9 Å². The molecule has 0 aliphatic carbocycles. The number of alkyl halides is 1. The maximum absolute atomic E-state index is 12.0. The molecule has 0 saturated carbocycles. The maximum atomic E-state index is 12.0. The highest BCUT2D eigenvalue weighted by Gasteiger charge is 2.47. The molecular formula is C14H17BrN2O7. The molecular weight excluding hydrogens is 388 g/mol. The lowest BCUT2D eigenvalue weighted by molar-refractivity contribution is -0.155. The van der Waals surface area contributed by atoms with Gasteiger partial charge in [-0.1, -0.05) is 15.9 Å². The zero-order chi connectivity index (χ0) is 18.0. The summed E-state index contributed by atoms with van der Waals surface area (Å²) in [6.07, 6.45) is -1.02. The minimum absolute atomic E-state index is 0.136. The quantitative estimate of drug-likeness (QED) is 0.554. The Morgan fingerprint density at radius 3 is 2.58 bits per heavy atom. The van der Waals surface area contributed by atoms with Crippen molar-refractivity contribution in [3.05, 3.63) is 32.6 Å². The third-order valence-corrected chi connectivity index (χ3v) is 4.41. The molecule has 1 aliphatic heterocycles. The lowest BCUT2D eigenvalue weighted by atomic mass is 10.2. The van der Waals surface area contributed by atoms with Crippen LogP contribution >= 0.6 is 15.9 Å². The summed E-state index contributed by atoms with van der Waals surface area (Å²) in [4.78, 5) is 47.5. The second kappa shape index (κ2) is 7.31. The van der Waals surface area contributed by atoms with Gasteiger partial charge < -0.3 is 14.2 Å². The van der Waals surface area contributed by atoms with E-state index < -0.39 is 46.5 Å². The number of H-pyrrole nitrogens is 1. The number of hydrogen-bond donors (Lipinski definition) is 1. The second-order valence-electron chi connectivity index (χ2n) is 5.36. The highest BCUT2D eigenvalue weighted by Crippen LogP contribution is 2.36. The van der Waals surface area contributed by atoms with Crippen LogP contribution in [0.3, 0.4) is 0 Å². The van der Waals surface area contributed by atoms with Gasteiger partial charge in [-0.15, -0.1) is 0 Å². The molecule has 1 aromatic heterocycles. The van der Waals surface area contributed by atoms with Crippen molar-refractivity contribution in [2.75, 3.05) is 6.61 Å². The number of carbonyl (C=O) groups excluding carboxylic acids is 2. The van der Waals surface area contributed by atoms with Gasteiger partial charge in [-0.3, -0.25) is 23.9 Å². The van der Waals surface area contributed by atoms with Crippen molar-refractivity contribution in [3.63, 3.8) is 0 Å². The van der Waals surface area contributed by atoms with Gasteiger partial charge >= 0.3 is 17.6 Å². The molecule has 2 heterocycles. The number of carbonyl (C=O) groups is 2. The number of rotatable bonds is 4. The molecule has 4 atom stereocenters. The topological polar surface area (TPSA) is 117 Å². The lowest BCUT2D eigenvalue weighted by Gasteiger charge is -2.19. The average Bonchev–Trinajstić information content (AvgIpc) is 2.77. The van der Waals surface area contributed by atoms with Crippen LogP contribution in [-0.2, 0) is 23.8 Å². The molecule has 0 aromatic carbocycles. The van der Waals surface area contributed by atoms with E-state index in [4.69, 9.17) is 14.2 Å². The lowest BCUT2D eigenvalue weighted by Crippen LogP contribution is -2.37. The number of esters is 2. The molecule has 132 valence electrons. The SMILES string of the molecule is CC(=O)OC[C@H]1O[C@@H](n2cc(C)c(=O)[nH]c2=O)[C@H](Br)[C@@H]1OC(C)=O. The number of aromatic nitrogens is 2. The Balaban J connectivity index is 2.33. The number of hydrogen-bond acceptors (Lipinski definition) is 7. The zero-order valence-corrected chi connectivity index (χ0v) is 14.9. The minimum Gasteiger partial charge on any atom is -0.463 e. The van der Waals surface area contributed by atoms with Gasteiger partial charge in [0.25, 0.3) is 5.56 Å². The molecule has 1 fully saturated rings. The molecule has 1 aliphatic rings. The molecule has 10 heteroatoms. The summed E-state index contributed by atoms with van der Waals surface area (Å²) >= 11 is 3.37. The van der Waals surface area contributed by atoms with Crippen LogP contribution < -0.4 is 11.2 Å². The number of aromatic amines is 1. The van der Waals surface area contributed by atoms with Gasteiger partial charge in [0.15, 0.2) is 6.23 Å². The fraction of sp³-hybridized carbons (Fsp3) is 0.571. The first kappa shape index (κ1) is 18.4. The van der Waals surface area contributed by atoms with E-state index in [9.17, 15) is 19.2 Å². The first-order valence-electron chi connectivity index (χ1n) is 7.13. The largest absolute Gasteiger partial charge is 0.463 e. The second-order valence-corrected chi connectivity index (χ2v) is 6.42. The first-order chi connectivity index (χ1) is 11.2. The van der Waals surface area contributed by atoms with Crippen LogP contribution in [0, 0.1) is 6.92 Å². The Bertz CT molecular complexity index is 756. The van der Waals surface area contributed by atoms with Gasteiger partial charge in [-0.2, -0.15) is 0 Å². The van der Waals surface area contributed by atoms with E-state index in [1.165, 1.54) is 24.6 Å². The van der Waals surface area contributed by atoms with E-state index in [0.717, 1.165) is 0 Å². The van der Waals surface area contributed by atoms with Crippen LogP contribution in [0.4, 0.5) is 0 Å². The van der Waals surface area contributed by atoms with Crippen molar-refractivity contribution in [2.45, 2.75) is 44.0 Å². The summed E-state index contributed by atoms with van der Waals surface area (Å²) in [5.74, 6) is -1.04.